The Hall–Kier alpha value is -1.24. The van der Waals surface area contributed by atoms with E-state index < -0.39 is 0 Å². The molecule has 0 unspecified atom stereocenters. The fourth-order valence-electron chi connectivity index (χ4n) is 3.02. The Labute approximate surface area is 124 Å². The van der Waals surface area contributed by atoms with E-state index in [4.69, 9.17) is 4.74 Å². The summed E-state index contributed by atoms with van der Waals surface area (Å²) in [7, 11) is 0. The van der Waals surface area contributed by atoms with Crippen molar-refractivity contribution in [3.8, 4) is 5.75 Å². The van der Waals surface area contributed by atoms with Crippen LogP contribution < -0.4 is 4.74 Å². The lowest BCUT2D eigenvalue weighted by molar-refractivity contribution is 0.205. The van der Waals surface area contributed by atoms with Gasteiger partial charge in [0.1, 0.15) is 5.75 Å². The van der Waals surface area contributed by atoms with Crippen molar-refractivity contribution in [2.45, 2.75) is 58.3 Å². The molecule has 0 bridgehead atoms. The maximum absolute atomic E-state index is 6.25. The second-order valence-corrected chi connectivity index (χ2v) is 6.99. The van der Waals surface area contributed by atoms with Crippen molar-refractivity contribution >= 4 is 6.08 Å². The van der Waals surface area contributed by atoms with Crippen LogP contribution in [0.3, 0.4) is 0 Å². The van der Waals surface area contributed by atoms with Gasteiger partial charge in [0.25, 0.3) is 0 Å². The first-order valence-electron chi connectivity index (χ1n) is 7.91. The average Bonchev–Trinajstić information content (AvgIpc) is 2.44. The molecular weight excluding hydrogens is 244 g/mol. The first-order valence-corrected chi connectivity index (χ1v) is 7.91. The van der Waals surface area contributed by atoms with E-state index in [2.05, 4.69) is 45.5 Å². The zero-order valence-corrected chi connectivity index (χ0v) is 13.2. The van der Waals surface area contributed by atoms with E-state index in [0.717, 1.165) is 23.8 Å². The normalized spacial score (nSPS) is 16.9. The van der Waals surface area contributed by atoms with Crippen LogP contribution in [0.15, 0.2) is 24.8 Å². The number of benzene rings is 1. The van der Waals surface area contributed by atoms with E-state index in [1.807, 2.05) is 6.08 Å². The summed E-state index contributed by atoms with van der Waals surface area (Å²) in [6, 6.07) is 6.38. The standard InChI is InChI=1S/C19H28O/c1-5-16-12-9-13-17(19(2,3)4)18(16)20-14-15-10-7-6-8-11-15/h5,9,12-13,15H,1,6-8,10-11,14H2,2-4H3. The molecule has 0 radical (unpaired) electrons. The molecule has 0 aromatic heterocycles. The Morgan fingerprint density at radius 1 is 1.20 bits per heavy atom. The molecule has 1 aliphatic carbocycles. The van der Waals surface area contributed by atoms with Crippen LogP contribution in [0.4, 0.5) is 0 Å². The van der Waals surface area contributed by atoms with Crippen molar-refractivity contribution < 1.29 is 4.74 Å². The molecule has 0 aliphatic heterocycles. The van der Waals surface area contributed by atoms with Crippen LogP contribution in [0.5, 0.6) is 5.75 Å². The molecule has 1 saturated carbocycles. The quantitative estimate of drug-likeness (QED) is 0.694. The molecule has 110 valence electrons. The highest BCUT2D eigenvalue weighted by Gasteiger charge is 2.22. The lowest BCUT2D eigenvalue weighted by atomic mass is 9.85. The molecule has 1 nitrogen and oxygen atoms in total. The van der Waals surface area contributed by atoms with Crippen LogP contribution >= 0.6 is 0 Å². The van der Waals surface area contributed by atoms with Gasteiger partial charge >= 0.3 is 0 Å². The third-order valence-electron chi connectivity index (χ3n) is 4.26. The second-order valence-electron chi connectivity index (χ2n) is 6.99. The third kappa shape index (κ3) is 3.65. The Balaban J connectivity index is 2.17. The van der Waals surface area contributed by atoms with Gasteiger partial charge in [-0.1, -0.05) is 70.9 Å². The molecule has 0 saturated heterocycles. The summed E-state index contributed by atoms with van der Waals surface area (Å²) in [6.45, 7) is 11.5. The summed E-state index contributed by atoms with van der Waals surface area (Å²) in [5.74, 6) is 1.77. The van der Waals surface area contributed by atoms with Crippen molar-refractivity contribution in [3.05, 3.63) is 35.9 Å². The number of hydrogen-bond acceptors (Lipinski definition) is 1. The monoisotopic (exact) mass is 272 g/mol. The van der Waals surface area contributed by atoms with E-state index in [-0.39, 0.29) is 5.41 Å². The van der Waals surface area contributed by atoms with Crippen LogP contribution in [0.2, 0.25) is 0 Å². The summed E-state index contributed by atoms with van der Waals surface area (Å²) < 4.78 is 6.25. The van der Waals surface area contributed by atoms with E-state index in [1.165, 1.54) is 37.7 Å². The van der Waals surface area contributed by atoms with Crippen LogP contribution in [0, 0.1) is 5.92 Å². The predicted octanol–water partition coefficient (Wildman–Crippen LogP) is 5.59. The SMILES string of the molecule is C=Cc1cccc(C(C)(C)C)c1OCC1CCCCC1. The van der Waals surface area contributed by atoms with Gasteiger partial charge in [-0.3, -0.25) is 0 Å². The van der Waals surface area contributed by atoms with Crippen molar-refractivity contribution in [3.63, 3.8) is 0 Å². The number of ether oxygens (including phenoxy) is 1. The highest BCUT2D eigenvalue weighted by Crippen LogP contribution is 2.35. The lowest BCUT2D eigenvalue weighted by Crippen LogP contribution is -2.19. The zero-order valence-electron chi connectivity index (χ0n) is 13.2. The second kappa shape index (κ2) is 6.47. The minimum absolute atomic E-state index is 0.0981. The minimum Gasteiger partial charge on any atom is -0.492 e. The third-order valence-corrected chi connectivity index (χ3v) is 4.26. The van der Waals surface area contributed by atoms with Crippen molar-refractivity contribution in [2.24, 2.45) is 5.92 Å². The zero-order chi connectivity index (χ0) is 14.6. The molecule has 1 fully saturated rings. The first kappa shape index (κ1) is 15.2. The average molecular weight is 272 g/mol. The van der Waals surface area contributed by atoms with Crippen LogP contribution in [0.1, 0.15) is 64.0 Å². The maximum Gasteiger partial charge on any atom is 0.130 e. The molecule has 0 heterocycles. The van der Waals surface area contributed by atoms with Gasteiger partial charge in [0.2, 0.25) is 0 Å². The summed E-state index contributed by atoms with van der Waals surface area (Å²) in [4.78, 5) is 0. The Morgan fingerprint density at radius 2 is 1.90 bits per heavy atom. The summed E-state index contributed by atoms with van der Waals surface area (Å²) in [6.07, 6.45) is 8.67. The lowest BCUT2D eigenvalue weighted by Gasteiger charge is -2.27. The molecule has 0 spiro atoms. The van der Waals surface area contributed by atoms with E-state index in [1.54, 1.807) is 0 Å². The minimum atomic E-state index is 0.0981. The van der Waals surface area contributed by atoms with Gasteiger partial charge in [-0.25, -0.2) is 0 Å². The van der Waals surface area contributed by atoms with Gasteiger partial charge < -0.3 is 4.74 Å². The van der Waals surface area contributed by atoms with Crippen molar-refractivity contribution in [1.29, 1.82) is 0 Å². The van der Waals surface area contributed by atoms with Gasteiger partial charge in [0.15, 0.2) is 0 Å². The Morgan fingerprint density at radius 3 is 2.50 bits per heavy atom. The summed E-state index contributed by atoms with van der Waals surface area (Å²) in [5, 5.41) is 0. The van der Waals surface area contributed by atoms with E-state index in [0.29, 0.717) is 0 Å². The van der Waals surface area contributed by atoms with Crippen molar-refractivity contribution in [2.75, 3.05) is 6.61 Å². The molecule has 20 heavy (non-hydrogen) atoms. The molecule has 0 atom stereocenters. The van der Waals surface area contributed by atoms with Gasteiger partial charge in [-0.05, 0) is 24.2 Å². The molecule has 0 amide bonds. The molecule has 1 aliphatic rings. The topological polar surface area (TPSA) is 9.23 Å². The predicted molar refractivity (Wildman–Crippen MR) is 87.3 cm³/mol. The first-order chi connectivity index (χ1) is 9.52. The van der Waals surface area contributed by atoms with Crippen molar-refractivity contribution in [1.82, 2.24) is 0 Å². The van der Waals surface area contributed by atoms with Gasteiger partial charge in [0.05, 0.1) is 6.61 Å². The number of hydrogen-bond donors (Lipinski definition) is 0. The summed E-state index contributed by atoms with van der Waals surface area (Å²) >= 11 is 0. The highest BCUT2D eigenvalue weighted by atomic mass is 16.5. The molecule has 2 rings (SSSR count). The molecule has 1 aromatic carbocycles. The van der Waals surface area contributed by atoms with Crippen LogP contribution in [-0.4, -0.2) is 6.61 Å². The highest BCUT2D eigenvalue weighted by molar-refractivity contribution is 5.59. The van der Waals surface area contributed by atoms with Gasteiger partial charge in [0, 0.05) is 11.1 Å². The van der Waals surface area contributed by atoms with Crippen LogP contribution in [-0.2, 0) is 5.41 Å². The van der Waals surface area contributed by atoms with E-state index >= 15 is 0 Å². The summed E-state index contributed by atoms with van der Waals surface area (Å²) in [5.41, 5.74) is 2.50. The molecule has 1 heteroatoms. The number of rotatable bonds is 4. The fourth-order valence-corrected chi connectivity index (χ4v) is 3.02. The number of para-hydroxylation sites is 1. The smallest absolute Gasteiger partial charge is 0.130 e. The molecule has 0 N–H and O–H groups in total. The Kier molecular flexibility index (Phi) is 4.91. The van der Waals surface area contributed by atoms with E-state index in [9.17, 15) is 0 Å². The van der Waals surface area contributed by atoms with Gasteiger partial charge in [-0.2, -0.15) is 0 Å². The Bertz CT molecular complexity index is 447. The molecular formula is C19H28O. The maximum atomic E-state index is 6.25. The van der Waals surface area contributed by atoms with Crippen LogP contribution in [0.25, 0.3) is 6.08 Å². The fraction of sp³-hybridized carbons (Fsp3) is 0.579. The largest absolute Gasteiger partial charge is 0.492 e. The molecule has 1 aromatic rings. The van der Waals surface area contributed by atoms with Gasteiger partial charge in [-0.15, -0.1) is 0 Å².